The Morgan fingerprint density at radius 3 is 2.65 bits per heavy atom. The molecular formula is C21H31N3O4S3. The van der Waals surface area contributed by atoms with E-state index in [-0.39, 0.29) is 29.0 Å². The van der Waals surface area contributed by atoms with Crippen LogP contribution in [0.4, 0.5) is 0 Å². The summed E-state index contributed by atoms with van der Waals surface area (Å²) in [7, 11) is -3.07. The number of hydrogen-bond acceptors (Lipinski definition) is 7. The van der Waals surface area contributed by atoms with E-state index < -0.39 is 15.1 Å². The Morgan fingerprint density at radius 2 is 2.06 bits per heavy atom. The van der Waals surface area contributed by atoms with E-state index in [1.165, 1.54) is 23.1 Å². The third-order valence-electron chi connectivity index (χ3n) is 6.00. The fraction of sp³-hybridized carbons (Fsp3) is 0.667. The number of thioether (sulfide) groups is 1. The Morgan fingerprint density at radius 1 is 1.35 bits per heavy atom. The van der Waals surface area contributed by atoms with Crippen molar-refractivity contribution in [1.82, 2.24) is 14.9 Å². The van der Waals surface area contributed by atoms with E-state index in [2.05, 4.69) is 23.8 Å². The number of amides is 1. The molecule has 10 heteroatoms. The molecule has 3 atom stereocenters. The normalized spacial score (nSPS) is 20.1. The number of aromatic nitrogens is 2. The molecule has 31 heavy (non-hydrogen) atoms. The van der Waals surface area contributed by atoms with E-state index >= 15 is 0 Å². The molecule has 7 nitrogen and oxygen atoms in total. The SMILES string of the molecule is CCC(C)Cc1c(C)sc2nc(SC(C)C(=O)N(CC)C3CCS(=O)(=O)C3)[nH]c(=O)c12. The number of aryl methyl sites for hydroxylation is 1. The average Bonchev–Trinajstić information content (AvgIpc) is 3.21. The Bertz CT molecular complexity index is 1120. The number of carbonyl (C=O) groups is 1. The lowest BCUT2D eigenvalue weighted by Gasteiger charge is -2.29. The topological polar surface area (TPSA) is 100 Å². The molecular weight excluding hydrogens is 454 g/mol. The predicted octanol–water partition coefficient (Wildman–Crippen LogP) is 3.40. The minimum absolute atomic E-state index is 0.0262. The molecule has 1 saturated heterocycles. The number of fused-ring (bicyclic) bond motifs is 1. The Hall–Kier alpha value is -1.39. The minimum atomic E-state index is -3.07. The van der Waals surface area contributed by atoms with Gasteiger partial charge in [-0.25, -0.2) is 13.4 Å². The van der Waals surface area contributed by atoms with Crippen LogP contribution in [0.3, 0.4) is 0 Å². The second-order valence-electron chi connectivity index (χ2n) is 8.35. The number of sulfone groups is 1. The summed E-state index contributed by atoms with van der Waals surface area (Å²) in [5, 5.41) is 0.603. The first-order valence-corrected chi connectivity index (χ1v) is 14.3. The lowest BCUT2D eigenvalue weighted by atomic mass is 9.98. The van der Waals surface area contributed by atoms with Gasteiger partial charge in [-0.05, 0) is 45.1 Å². The molecule has 0 spiro atoms. The van der Waals surface area contributed by atoms with Crippen LogP contribution >= 0.6 is 23.1 Å². The largest absolute Gasteiger partial charge is 0.338 e. The van der Waals surface area contributed by atoms with E-state index in [4.69, 9.17) is 0 Å². The van der Waals surface area contributed by atoms with E-state index in [1.54, 1.807) is 11.8 Å². The zero-order valence-electron chi connectivity index (χ0n) is 18.7. The Labute approximate surface area is 191 Å². The number of H-pyrrole nitrogens is 1. The van der Waals surface area contributed by atoms with Crippen molar-refractivity contribution in [2.45, 2.75) is 70.3 Å². The molecule has 0 radical (unpaired) electrons. The molecule has 3 rings (SSSR count). The van der Waals surface area contributed by atoms with Crippen LogP contribution in [0.25, 0.3) is 10.2 Å². The van der Waals surface area contributed by atoms with Crippen LogP contribution in [-0.2, 0) is 21.1 Å². The number of rotatable bonds is 8. The zero-order chi connectivity index (χ0) is 22.9. The quantitative estimate of drug-likeness (QED) is 0.454. The third kappa shape index (κ3) is 5.34. The van der Waals surface area contributed by atoms with Gasteiger partial charge in [0.2, 0.25) is 5.91 Å². The van der Waals surface area contributed by atoms with Crippen molar-refractivity contribution in [2.24, 2.45) is 5.92 Å². The van der Waals surface area contributed by atoms with Crippen LogP contribution < -0.4 is 5.56 Å². The molecule has 1 aliphatic rings. The fourth-order valence-electron chi connectivity index (χ4n) is 4.02. The van der Waals surface area contributed by atoms with E-state index in [0.717, 1.165) is 23.3 Å². The average molecular weight is 486 g/mol. The van der Waals surface area contributed by atoms with Crippen LogP contribution in [0, 0.1) is 12.8 Å². The van der Waals surface area contributed by atoms with Gasteiger partial charge in [-0.1, -0.05) is 32.0 Å². The summed E-state index contributed by atoms with van der Waals surface area (Å²) in [4.78, 5) is 36.9. The number of nitrogens with one attached hydrogen (secondary N) is 1. The lowest BCUT2D eigenvalue weighted by molar-refractivity contribution is -0.131. The van der Waals surface area contributed by atoms with Gasteiger partial charge >= 0.3 is 0 Å². The second-order valence-corrected chi connectivity index (χ2v) is 13.1. The van der Waals surface area contributed by atoms with Gasteiger partial charge in [0, 0.05) is 17.5 Å². The predicted molar refractivity (Wildman–Crippen MR) is 128 cm³/mol. The van der Waals surface area contributed by atoms with Gasteiger partial charge in [-0.2, -0.15) is 0 Å². The van der Waals surface area contributed by atoms with Crippen LogP contribution in [0.1, 0.15) is 51.0 Å². The molecule has 2 aromatic rings. The highest BCUT2D eigenvalue weighted by molar-refractivity contribution is 8.00. The Balaban J connectivity index is 1.81. The molecule has 3 unspecified atom stereocenters. The molecule has 0 saturated carbocycles. The third-order valence-corrected chi connectivity index (χ3v) is 9.76. The number of aromatic amines is 1. The van der Waals surface area contributed by atoms with E-state index in [0.29, 0.717) is 34.3 Å². The van der Waals surface area contributed by atoms with Gasteiger partial charge in [0.05, 0.1) is 22.1 Å². The van der Waals surface area contributed by atoms with Gasteiger partial charge < -0.3 is 9.88 Å². The highest BCUT2D eigenvalue weighted by Gasteiger charge is 2.35. The van der Waals surface area contributed by atoms with Crippen LogP contribution in [0.5, 0.6) is 0 Å². The number of hydrogen-bond donors (Lipinski definition) is 1. The summed E-state index contributed by atoms with van der Waals surface area (Å²) in [5.41, 5.74) is 0.910. The smallest absolute Gasteiger partial charge is 0.260 e. The standard InChI is InChI=1S/C21H31N3O4S3/c1-6-12(3)10-16-13(4)29-19-17(16)18(25)22-21(23-19)30-14(5)20(26)24(7-2)15-8-9-31(27,28)11-15/h12,14-15H,6-11H2,1-5H3,(H,22,23,25). The molecule has 172 valence electrons. The van der Waals surface area contributed by atoms with Crippen molar-refractivity contribution in [3.8, 4) is 0 Å². The van der Waals surface area contributed by atoms with Gasteiger partial charge in [-0.15, -0.1) is 11.3 Å². The van der Waals surface area contributed by atoms with Crippen LogP contribution in [0.15, 0.2) is 9.95 Å². The summed E-state index contributed by atoms with van der Waals surface area (Å²) in [6.07, 6.45) is 2.38. The van der Waals surface area contributed by atoms with Crippen molar-refractivity contribution < 1.29 is 13.2 Å². The van der Waals surface area contributed by atoms with Crippen LogP contribution in [0.2, 0.25) is 0 Å². The summed E-state index contributed by atoms with van der Waals surface area (Å²) in [6.45, 7) is 10.4. The first-order chi connectivity index (χ1) is 14.6. The molecule has 1 amide bonds. The molecule has 0 aromatic carbocycles. The number of nitrogens with zero attached hydrogens (tertiary/aromatic N) is 2. The zero-order valence-corrected chi connectivity index (χ0v) is 21.2. The maximum atomic E-state index is 13.0. The van der Waals surface area contributed by atoms with Crippen molar-refractivity contribution in [1.29, 1.82) is 0 Å². The summed E-state index contributed by atoms with van der Waals surface area (Å²) >= 11 is 2.74. The van der Waals surface area contributed by atoms with Crippen LogP contribution in [-0.4, -0.2) is 58.5 Å². The first-order valence-electron chi connectivity index (χ1n) is 10.8. The highest BCUT2D eigenvalue weighted by atomic mass is 32.2. The summed E-state index contributed by atoms with van der Waals surface area (Å²) in [6, 6.07) is -0.275. The van der Waals surface area contributed by atoms with Crippen molar-refractivity contribution >= 4 is 49.1 Å². The molecule has 1 aliphatic heterocycles. The second kappa shape index (κ2) is 9.62. The molecule has 1 fully saturated rings. The van der Waals surface area contributed by atoms with Crippen molar-refractivity contribution in [3.63, 3.8) is 0 Å². The van der Waals surface area contributed by atoms with E-state index in [9.17, 15) is 18.0 Å². The highest BCUT2D eigenvalue weighted by Crippen LogP contribution is 2.31. The maximum Gasteiger partial charge on any atom is 0.260 e. The van der Waals surface area contributed by atoms with Crippen molar-refractivity contribution in [2.75, 3.05) is 18.1 Å². The summed E-state index contributed by atoms with van der Waals surface area (Å²) in [5.74, 6) is 0.517. The first kappa shape index (κ1) is 24.3. The number of carbonyl (C=O) groups excluding carboxylic acids is 1. The number of thiophene rings is 1. The molecule has 0 aliphatic carbocycles. The summed E-state index contributed by atoms with van der Waals surface area (Å²) < 4.78 is 23.7. The van der Waals surface area contributed by atoms with Gasteiger partial charge in [0.1, 0.15) is 4.83 Å². The van der Waals surface area contributed by atoms with Gasteiger partial charge in [-0.3, -0.25) is 9.59 Å². The van der Waals surface area contributed by atoms with Gasteiger partial charge in [0.15, 0.2) is 15.0 Å². The Kier molecular flexibility index (Phi) is 7.53. The molecule has 1 N–H and O–H groups in total. The minimum Gasteiger partial charge on any atom is -0.338 e. The van der Waals surface area contributed by atoms with Gasteiger partial charge in [0.25, 0.3) is 5.56 Å². The maximum absolute atomic E-state index is 13.0. The molecule has 2 aromatic heterocycles. The molecule has 3 heterocycles. The monoisotopic (exact) mass is 485 g/mol. The molecule has 0 bridgehead atoms. The van der Waals surface area contributed by atoms with Crippen molar-refractivity contribution in [3.05, 3.63) is 20.8 Å². The van der Waals surface area contributed by atoms with E-state index in [1.807, 2.05) is 13.8 Å². The fourth-order valence-corrected chi connectivity index (χ4v) is 7.73. The lowest BCUT2D eigenvalue weighted by Crippen LogP contribution is -2.44.